The molecular weight excluding hydrogens is 217 g/mol. The van der Waals surface area contributed by atoms with Gasteiger partial charge in [-0.25, -0.2) is 4.39 Å². The third-order valence-electron chi connectivity index (χ3n) is 2.76. The molecule has 0 saturated heterocycles. The van der Waals surface area contributed by atoms with Gasteiger partial charge in [0.05, 0.1) is 6.04 Å². The predicted octanol–water partition coefficient (Wildman–Crippen LogP) is 4.21. The van der Waals surface area contributed by atoms with Crippen molar-refractivity contribution in [3.63, 3.8) is 0 Å². The molecule has 0 spiro atoms. The van der Waals surface area contributed by atoms with Crippen LogP contribution in [0.15, 0.2) is 34.7 Å². The van der Waals surface area contributed by atoms with Gasteiger partial charge >= 0.3 is 0 Å². The number of furan rings is 1. The van der Waals surface area contributed by atoms with Gasteiger partial charge in [-0.05, 0) is 50.6 Å². The van der Waals surface area contributed by atoms with E-state index in [1.165, 1.54) is 12.1 Å². The number of hydrogen-bond donors (Lipinski definition) is 1. The highest BCUT2D eigenvalue weighted by atomic mass is 19.1. The third kappa shape index (κ3) is 2.67. The standard InChI is InChI=1S/C14H16FNO/c1-9-4-6-12(15)8-13(9)16-11(3)14-7-5-10(2)17-14/h4-8,11,16H,1-3H3. The van der Waals surface area contributed by atoms with E-state index in [4.69, 9.17) is 4.42 Å². The van der Waals surface area contributed by atoms with Gasteiger partial charge in [-0.15, -0.1) is 0 Å². The Morgan fingerprint density at radius 2 is 1.94 bits per heavy atom. The van der Waals surface area contributed by atoms with E-state index in [1.807, 2.05) is 32.9 Å². The fourth-order valence-electron chi connectivity index (χ4n) is 1.74. The molecule has 0 amide bonds. The van der Waals surface area contributed by atoms with Crippen molar-refractivity contribution in [3.05, 3.63) is 53.2 Å². The Labute approximate surface area is 100 Å². The van der Waals surface area contributed by atoms with Gasteiger partial charge in [0.15, 0.2) is 0 Å². The van der Waals surface area contributed by atoms with Crippen LogP contribution in [0.1, 0.15) is 30.0 Å². The highest BCUT2D eigenvalue weighted by Gasteiger charge is 2.10. The van der Waals surface area contributed by atoms with Gasteiger partial charge in [0.2, 0.25) is 0 Å². The first kappa shape index (κ1) is 11.7. The molecule has 1 aromatic heterocycles. The zero-order valence-electron chi connectivity index (χ0n) is 10.3. The summed E-state index contributed by atoms with van der Waals surface area (Å²) in [6.45, 7) is 5.84. The first-order valence-corrected chi connectivity index (χ1v) is 5.65. The maximum atomic E-state index is 13.1. The Morgan fingerprint density at radius 1 is 1.18 bits per heavy atom. The second-order valence-corrected chi connectivity index (χ2v) is 4.27. The second kappa shape index (κ2) is 4.62. The van der Waals surface area contributed by atoms with Crippen LogP contribution in [0, 0.1) is 19.7 Å². The Morgan fingerprint density at radius 3 is 2.59 bits per heavy atom. The van der Waals surface area contributed by atoms with E-state index < -0.39 is 0 Å². The first-order valence-electron chi connectivity index (χ1n) is 5.65. The number of hydrogen-bond acceptors (Lipinski definition) is 2. The average Bonchev–Trinajstić information content (AvgIpc) is 2.70. The number of rotatable bonds is 3. The molecule has 3 heteroatoms. The van der Waals surface area contributed by atoms with Crippen LogP contribution in [0.3, 0.4) is 0 Å². The maximum absolute atomic E-state index is 13.1. The van der Waals surface area contributed by atoms with E-state index in [1.54, 1.807) is 6.07 Å². The van der Waals surface area contributed by atoms with Crippen LogP contribution in [0.25, 0.3) is 0 Å². The van der Waals surface area contributed by atoms with Crippen LogP contribution in [0.4, 0.5) is 10.1 Å². The average molecular weight is 233 g/mol. The van der Waals surface area contributed by atoms with Gasteiger partial charge in [-0.1, -0.05) is 6.07 Å². The zero-order chi connectivity index (χ0) is 12.4. The normalized spacial score (nSPS) is 12.5. The van der Waals surface area contributed by atoms with Gasteiger partial charge < -0.3 is 9.73 Å². The van der Waals surface area contributed by atoms with Crippen LogP contribution in [0.5, 0.6) is 0 Å². The lowest BCUT2D eigenvalue weighted by Crippen LogP contribution is -2.07. The highest BCUT2D eigenvalue weighted by Crippen LogP contribution is 2.24. The molecule has 0 bridgehead atoms. The number of aryl methyl sites for hydroxylation is 2. The molecular formula is C14H16FNO. The Hall–Kier alpha value is -1.77. The summed E-state index contributed by atoms with van der Waals surface area (Å²) < 4.78 is 18.7. The second-order valence-electron chi connectivity index (χ2n) is 4.27. The minimum absolute atomic E-state index is 0.0178. The van der Waals surface area contributed by atoms with Crippen LogP contribution < -0.4 is 5.32 Å². The van der Waals surface area contributed by atoms with Gasteiger partial charge in [0.25, 0.3) is 0 Å². The van der Waals surface area contributed by atoms with E-state index in [2.05, 4.69) is 5.32 Å². The Bertz CT molecular complexity index is 519. The van der Waals surface area contributed by atoms with Crippen molar-refractivity contribution in [1.29, 1.82) is 0 Å². The SMILES string of the molecule is Cc1ccc(C(C)Nc2cc(F)ccc2C)o1. The molecule has 90 valence electrons. The number of halogens is 1. The molecule has 1 atom stereocenters. The van der Waals surface area contributed by atoms with Crippen molar-refractivity contribution in [2.75, 3.05) is 5.32 Å². The summed E-state index contributed by atoms with van der Waals surface area (Å²) >= 11 is 0. The molecule has 0 fully saturated rings. The van der Waals surface area contributed by atoms with E-state index in [0.29, 0.717) is 0 Å². The third-order valence-corrected chi connectivity index (χ3v) is 2.76. The molecule has 0 aliphatic heterocycles. The molecule has 2 rings (SSSR count). The summed E-state index contributed by atoms with van der Waals surface area (Å²) in [6, 6.07) is 8.60. The lowest BCUT2D eigenvalue weighted by molar-refractivity contribution is 0.466. The fourth-order valence-corrected chi connectivity index (χ4v) is 1.74. The molecule has 0 saturated carbocycles. The molecule has 0 aliphatic carbocycles. The number of nitrogens with one attached hydrogen (secondary N) is 1. The van der Waals surface area contributed by atoms with Crippen LogP contribution >= 0.6 is 0 Å². The van der Waals surface area contributed by atoms with Gasteiger partial charge in [-0.2, -0.15) is 0 Å². The molecule has 1 heterocycles. The lowest BCUT2D eigenvalue weighted by Gasteiger charge is -2.15. The molecule has 17 heavy (non-hydrogen) atoms. The fraction of sp³-hybridized carbons (Fsp3) is 0.286. The van der Waals surface area contributed by atoms with Crippen LogP contribution in [-0.4, -0.2) is 0 Å². The summed E-state index contributed by atoms with van der Waals surface area (Å²) in [5, 5.41) is 3.25. The minimum atomic E-state index is -0.235. The topological polar surface area (TPSA) is 25.2 Å². The van der Waals surface area contributed by atoms with Crippen molar-refractivity contribution in [3.8, 4) is 0 Å². The predicted molar refractivity (Wildman–Crippen MR) is 66.6 cm³/mol. The summed E-state index contributed by atoms with van der Waals surface area (Å²) in [5.41, 5.74) is 1.81. The largest absolute Gasteiger partial charge is 0.464 e. The molecule has 1 unspecified atom stereocenters. The Kier molecular flexibility index (Phi) is 3.18. The summed E-state index contributed by atoms with van der Waals surface area (Å²) in [4.78, 5) is 0. The summed E-state index contributed by atoms with van der Waals surface area (Å²) in [6.07, 6.45) is 0. The van der Waals surface area contributed by atoms with E-state index in [0.717, 1.165) is 22.8 Å². The zero-order valence-corrected chi connectivity index (χ0v) is 10.3. The summed E-state index contributed by atoms with van der Waals surface area (Å²) in [7, 11) is 0. The summed E-state index contributed by atoms with van der Waals surface area (Å²) in [5.74, 6) is 1.50. The molecule has 0 radical (unpaired) electrons. The van der Waals surface area contributed by atoms with Crippen molar-refractivity contribution in [2.45, 2.75) is 26.8 Å². The smallest absolute Gasteiger partial charge is 0.126 e. The molecule has 2 nitrogen and oxygen atoms in total. The lowest BCUT2D eigenvalue weighted by atomic mass is 10.1. The maximum Gasteiger partial charge on any atom is 0.126 e. The van der Waals surface area contributed by atoms with Gasteiger partial charge in [0.1, 0.15) is 17.3 Å². The quantitative estimate of drug-likeness (QED) is 0.859. The van der Waals surface area contributed by atoms with Crippen molar-refractivity contribution in [2.24, 2.45) is 0 Å². The highest BCUT2D eigenvalue weighted by molar-refractivity contribution is 5.51. The number of anilines is 1. The number of benzene rings is 1. The van der Waals surface area contributed by atoms with Gasteiger partial charge in [0, 0.05) is 5.69 Å². The van der Waals surface area contributed by atoms with E-state index in [9.17, 15) is 4.39 Å². The molecule has 1 aromatic carbocycles. The van der Waals surface area contributed by atoms with Crippen molar-refractivity contribution in [1.82, 2.24) is 0 Å². The van der Waals surface area contributed by atoms with Crippen LogP contribution in [-0.2, 0) is 0 Å². The van der Waals surface area contributed by atoms with Crippen molar-refractivity contribution >= 4 is 5.69 Å². The molecule has 1 N–H and O–H groups in total. The first-order chi connectivity index (χ1) is 8.06. The van der Waals surface area contributed by atoms with Gasteiger partial charge in [-0.3, -0.25) is 0 Å². The van der Waals surface area contributed by atoms with Crippen LogP contribution in [0.2, 0.25) is 0 Å². The van der Waals surface area contributed by atoms with E-state index in [-0.39, 0.29) is 11.9 Å². The molecule has 2 aromatic rings. The van der Waals surface area contributed by atoms with E-state index >= 15 is 0 Å². The molecule has 0 aliphatic rings. The monoisotopic (exact) mass is 233 g/mol. The minimum Gasteiger partial charge on any atom is -0.464 e. The Balaban J connectivity index is 2.18. The van der Waals surface area contributed by atoms with Crippen molar-refractivity contribution < 1.29 is 8.81 Å².